The fourth-order valence-electron chi connectivity index (χ4n) is 2.93. The van der Waals surface area contributed by atoms with Crippen LogP contribution in [0.25, 0.3) is 0 Å². The molecular formula is C18H22N4O3. The standard InChI is InChI=1S/C18H22N4O3/c1-24-14-4-5-15(16(12-14)25-2)21-17(23)13-6-10-22(11-7-13)18-19-8-3-9-20-18/h3-5,8-9,12-13H,6-7,10-11H2,1-2H3,(H,21,23). The fraction of sp³-hybridized carbons (Fsp3) is 0.389. The number of carbonyl (C=O) groups excluding carboxylic acids is 1. The van der Waals surface area contributed by atoms with Gasteiger partial charge in [-0.2, -0.15) is 0 Å². The number of methoxy groups -OCH3 is 2. The van der Waals surface area contributed by atoms with Crippen molar-refractivity contribution in [1.82, 2.24) is 9.97 Å². The zero-order valence-electron chi connectivity index (χ0n) is 14.4. The van der Waals surface area contributed by atoms with Crippen LogP contribution < -0.4 is 19.7 Å². The quantitative estimate of drug-likeness (QED) is 0.899. The molecule has 1 saturated heterocycles. The molecule has 132 valence electrons. The molecule has 0 aliphatic carbocycles. The molecule has 0 bridgehead atoms. The Morgan fingerprint density at radius 2 is 1.88 bits per heavy atom. The van der Waals surface area contributed by atoms with E-state index in [1.54, 1.807) is 50.9 Å². The van der Waals surface area contributed by atoms with Crippen molar-refractivity contribution in [3.05, 3.63) is 36.7 Å². The molecule has 1 fully saturated rings. The molecule has 0 radical (unpaired) electrons. The predicted molar refractivity (Wildman–Crippen MR) is 95.1 cm³/mol. The number of rotatable bonds is 5. The molecule has 25 heavy (non-hydrogen) atoms. The van der Waals surface area contributed by atoms with Crippen LogP contribution >= 0.6 is 0 Å². The van der Waals surface area contributed by atoms with Crippen molar-refractivity contribution in [2.24, 2.45) is 5.92 Å². The third kappa shape index (κ3) is 3.99. The molecule has 2 heterocycles. The maximum atomic E-state index is 12.6. The molecule has 0 saturated carbocycles. The first-order chi connectivity index (χ1) is 12.2. The van der Waals surface area contributed by atoms with Crippen LogP contribution in [0.4, 0.5) is 11.6 Å². The molecule has 0 unspecified atom stereocenters. The Hall–Kier alpha value is -2.83. The lowest BCUT2D eigenvalue weighted by Crippen LogP contribution is -2.39. The minimum Gasteiger partial charge on any atom is -0.497 e. The minimum atomic E-state index is -0.0354. The first kappa shape index (κ1) is 17.0. The molecule has 7 nitrogen and oxygen atoms in total. The lowest BCUT2D eigenvalue weighted by atomic mass is 9.96. The number of anilines is 2. The van der Waals surface area contributed by atoms with E-state index >= 15 is 0 Å². The van der Waals surface area contributed by atoms with Gasteiger partial charge < -0.3 is 19.7 Å². The van der Waals surface area contributed by atoms with E-state index in [0.717, 1.165) is 31.9 Å². The highest BCUT2D eigenvalue weighted by Crippen LogP contribution is 2.30. The second-order valence-corrected chi connectivity index (χ2v) is 5.87. The van der Waals surface area contributed by atoms with Crippen LogP contribution in [0, 0.1) is 5.92 Å². The maximum Gasteiger partial charge on any atom is 0.227 e. The largest absolute Gasteiger partial charge is 0.497 e. The molecule has 1 amide bonds. The Balaban J connectivity index is 1.60. The van der Waals surface area contributed by atoms with E-state index in [1.807, 2.05) is 0 Å². The summed E-state index contributed by atoms with van der Waals surface area (Å²) in [7, 11) is 3.17. The highest BCUT2D eigenvalue weighted by Gasteiger charge is 2.26. The van der Waals surface area contributed by atoms with Crippen molar-refractivity contribution in [2.75, 3.05) is 37.5 Å². The maximum absolute atomic E-state index is 12.6. The van der Waals surface area contributed by atoms with Crippen molar-refractivity contribution in [3.63, 3.8) is 0 Å². The summed E-state index contributed by atoms with van der Waals surface area (Å²) in [5.41, 5.74) is 0.655. The molecule has 1 N–H and O–H groups in total. The van der Waals surface area contributed by atoms with Gasteiger partial charge >= 0.3 is 0 Å². The SMILES string of the molecule is COc1ccc(NC(=O)C2CCN(c3ncccn3)CC2)c(OC)c1. The minimum absolute atomic E-state index is 0.0112. The van der Waals surface area contributed by atoms with E-state index in [2.05, 4.69) is 20.2 Å². The van der Waals surface area contributed by atoms with E-state index in [1.165, 1.54) is 0 Å². The lowest BCUT2D eigenvalue weighted by molar-refractivity contribution is -0.120. The summed E-state index contributed by atoms with van der Waals surface area (Å²) in [5, 5.41) is 2.97. The number of nitrogens with one attached hydrogen (secondary N) is 1. The second-order valence-electron chi connectivity index (χ2n) is 5.87. The van der Waals surface area contributed by atoms with E-state index in [9.17, 15) is 4.79 Å². The summed E-state index contributed by atoms with van der Waals surface area (Å²) in [6.07, 6.45) is 5.00. The van der Waals surface area contributed by atoms with Crippen LogP contribution in [-0.2, 0) is 4.79 Å². The van der Waals surface area contributed by atoms with Gasteiger partial charge in [0.15, 0.2) is 0 Å². The van der Waals surface area contributed by atoms with Gasteiger partial charge in [-0.3, -0.25) is 4.79 Å². The van der Waals surface area contributed by atoms with Crippen molar-refractivity contribution in [1.29, 1.82) is 0 Å². The summed E-state index contributed by atoms with van der Waals surface area (Å²) >= 11 is 0. The molecular weight excluding hydrogens is 320 g/mol. The lowest BCUT2D eigenvalue weighted by Gasteiger charge is -2.31. The van der Waals surface area contributed by atoms with Gasteiger partial charge in [-0.05, 0) is 31.0 Å². The Labute approximate surface area is 147 Å². The third-order valence-corrected chi connectivity index (χ3v) is 4.37. The summed E-state index contributed by atoms with van der Waals surface area (Å²) < 4.78 is 10.5. The second kappa shape index (κ2) is 7.83. The van der Waals surface area contributed by atoms with Crippen LogP contribution in [0.3, 0.4) is 0 Å². The average molecular weight is 342 g/mol. The zero-order valence-corrected chi connectivity index (χ0v) is 14.4. The smallest absolute Gasteiger partial charge is 0.227 e. The van der Waals surface area contributed by atoms with E-state index in [-0.39, 0.29) is 11.8 Å². The highest BCUT2D eigenvalue weighted by atomic mass is 16.5. The van der Waals surface area contributed by atoms with Gasteiger partial charge in [0.05, 0.1) is 19.9 Å². The number of benzene rings is 1. The Bertz CT molecular complexity index is 716. The third-order valence-electron chi connectivity index (χ3n) is 4.37. The number of piperidine rings is 1. The number of amides is 1. The molecule has 3 rings (SSSR count). The zero-order chi connectivity index (χ0) is 17.6. The average Bonchev–Trinajstić information content (AvgIpc) is 2.69. The van der Waals surface area contributed by atoms with Crippen LogP contribution in [0.1, 0.15) is 12.8 Å². The van der Waals surface area contributed by atoms with E-state index in [0.29, 0.717) is 17.2 Å². The van der Waals surface area contributed by atoms with Gasteiger partial charge in [0.25, 0.3) is 0 Å². The van der Waals surface area contributed by atoms with Gasteiger partial charge in [0.2, 0.25) is 11.9 Å². The molecule has 0 spiro atoms. The molecule has 1 aliphatic rings. The normalized spacial score (nSPS) is 14.9. The van der Waals surface area contributed by atoms with Gasteiger partial charge in [-0.25, -0.2) is 9.97 Å². The first-order valence-electron chi connectivity index (χ1n) is 8.26. The van der Waals surface area contributed by atoms with Gasteiger partial charge in [0.1, 0.15) is 11.5 Å². The number of carbonyl (C=O) groups is 1. The molecule has 1 aliphatic heterocycles. The van der Waals surface area contributed by atoms with Crippen molar-refractivity contribution in [2.45, 2.75) is 12.8 Å². The number of nitrogens with zero attached hydrogens (tertiary/aromatic N) is 3. The van der Waals surface area contributed by atoms with Crippen LogP contribution in [0.2, 0.25) is 0 Å². The molecule has 1 aromatic heterocycles. The molecule has 7 heteroatoms. The fourth-order valence-corrected chi connectivity index (χ4v) is 2.93. The predicted octanol–water partition coefficient (Wildman–Crippen LogP) is 2.35. The van der Waals surface area contributed by atoms with Gasteiger partial charge in [0, 0.05) is 37.5 Å². The highest BCUT2D eigenvalue weighted by molar-refractivity contribution is 5.94. The molecule has 2 aromatic rings. The first-order valence-corrected chi connectivity index (χ1v) is 8.26. The van der Waals surface area contributed by atoms with Crippen LogP contribution in [0.5, 0.6) is 11.5 Å². The Morgan fingerprint density at radius 3 is 2.52 bits per heavy atom. The monoisotopic (exact) mass is 342 g/mol. The Morgan fingerprint density at radius 1 is 1.16 bits per heavy atom. The number of ether oxygens (including phenoxy) is 2. The van der Waals surface area contributed by atoms with Crippen molar-refractivity contribution >= 4 is 17.5 Å². The van der Waals surface area contributed by atoms with Crippen molar-refractivity contribution in [3.8, 4) is 11.5 Å². The van der Waals surface area contributed by atoms with E-state index in [4.69, 9.17) is 9.47 Å². The number of hydrogen-bond donors (Lipinski definition) is 1. The summed E-state index contributed by atoms with van der Waals surface area (Å²) in [6, 6.07) is 7.15. The summed E-state index contributed by atoms with van der Waals surface area (Å²) in [4.78, 5) is 23.2. The molecule has 0 atom stereocenters. The molecule has 1 aromatic carbocycles. The summed E-state index contributed by atoms with van der Waals surface area (Å²) in [5.74, 6) is 1.97. The Kier molecular flexibility index (Phi) is 5.33. The van der Waals surface area contributed by atoms with Gasteiger partial charge in [-0.15, -0.1) is 0 Å². The van der Waals surface area contributed by atoms with Crippen LogP contribution in [0.15, 0.2) is 36.7 Å². The number of hydrogen-bond acceptors (Lipinski definition) is 6. The van der Waals surface area contributed by atoms with Crippen molar-refractivity contribution < 1.29 is 14.3 Å². The van der Waals surface area contributed by atoms with Gasteiger partial charge in [-0.1, -0.05) is 0 Å². The topological polar surface area (TPSA) is 76.6 Å². The number of aromatic nitrogens is 2. The van der Waals surface area contributed by atoms with Crippen LogP contribution in [-0.4, -0.2) is 43.2 Å². The summed E-state index contributed by atoms with van der Waals surface area (Å²) in [6.45, 7) is 1.53. The van der Waals surface area contributed by atoms with E-state index < -0.39 is 0 Å².